The zero-order valence-corrected chi connectivity index (χ0v) is 12.8. The van der Waals surface area contributed by atoms with Crippen molar-refractivity contribution in [2.75, 3.05) is 25.2 Å². The summed E-state index contributed by atoms with van der Waals surface area (Å²) in [7, 11) is 0.953. The first-order valence-electron chi connectivity index (χ1n) is 6.34. The summed E-state index contributed by atoms with van der Waals surface area (Å²) in [6, 6.07) is 5.72. The van der Waals surface area contributed by atoms with Crippen molar-refractivity contribution in [2.24, 2.45) is 0 Å². The van der Waals surface area contributed by atoms with Crippen molar-refractivity contribution in [1.82, 2.24) is 5.32 Å². The molecule has 0 aliphatic heterocycles. The lowest BCUT2D eigenvalue weighted by atomic mass is 10.1. The number of aryl methyl sites for hydroxylation is 1. The summed E-state index contributed by atoms with van der Waals surface area (Å²) >= 11 is 0. The number of carbonyl (C=O) groups excluding carboxylic acids is 1. The third-order valence-electron chi connectivity index (χ3n) is 3.09. The summed E-state index contributed by atoms with van der Waals surface area (Å²) < 4.78 is 11.2. The quantitative estimate of drug-likeness (QED) is 0.838. The van der Waals surface area contributed by atoms with Gasteiger partial charge in [-0.3, -0.25) is 9.00 Å². The summed E-state index contributed by atoms with van der Waals surface area (Å²) in [6.45, 7) is 4.42. The van der Waals surface area contributed by atoms with E-state index in [1.807, 2.05) is 32.0 Å². The van der Waals surface area contributed by atoms with Gasteiger partial charge in [0, 0.05) is 41.6 Å². The van der Waals surface area contributed by atoms with Crippen LogP contribution in [0.15, 0.2) is 18.2 Å². The second-order valence-corrected chi connectivity index (χ2v) is 6.45. The molecule has 1 rings (SSSR count). The van der Waals surface area contributed by atoms with E-state index in [0.717, 1.165) is 17.7 Å². The van der Waals surface area contributed by atoms with Gasteiger partial charge in [-0.1, -0.05) is 18.6 Å². The fourth-order valence-electron chi connectivity index (χ4n) is 1.71. The molecule has 0 saturated heterocycles. The minimum Gasteiger partial charge on any atom is -0.387 e. The average molecular weight is 282 g/mol. The standard InChI is InChI=1S/C14H22N2O2S/c1-10-5-6-13(15-3)12(9-10)14(17)16-8-7-11(2)19(4)18/h5-6,9,11,15H,7-8H2,1-4H3,(H,16,17). The Morgan fingerprint density at radius 3 is 2.68 bits per heavy atom. The Balaban J connectivity index is 2.63. The Morgan fingerprint density at radius 1 is 1.42 bits per heavy atom. The lowest BCUT2D eigenvalue weighted by Gasteiger charge is -2.12. The molecule has 0 aromatic heterocycles. The Bertz CT molecular complexity index is 475. The summed E-state index contributed by atoms with van der Waals surface area (Å²) in [6.07, 6.45) is 2.40. The number of nitrogens with one attached hydrogen (secondary N) is 2. The lowest BCUT2D eigenvalue weighted by molar-refractivity contribution is 0.0954. The van der Waals surface area contributed by atoms with Gasteiger partial charge in [-0.15, -0.1) is 0 Å². The molecule has 0 saturated carbocycles. The highest BCUT2D eigenvalue weighted by atomic mass is 32.2. The van der Waals surface area contributed by atoms with Crippen LogP contribution in [-0.4, -0.2) is 35.2 Å². The highest BCUT2D eigenvalue weighted by Crippen LogP contribution is 2.16. The molecule has 1 aromatic rings. The largest absolute Gasteiger partial charge is 0.387 e. The molecule has 1 amide bonds. The van der Waals surface area contributed by atoms with Gasteiger partial charge in [0.15, 0.2) is 0 Å². The number of anilines is 1. The molecule has 2 unspecified atom stereocenters. The molecular weight excluding hydrogens is 260 g/mol. The van der Waals surface area contributed by atoms with E-state index in [0.29, 0.717) is 12.1 Å². The van der Waals surface area contributed by atoms with Crippen LogP contribution in [0.4, 0.5) is 5.69 Å². The number of hydrogen-bond donors (Lipinski definition) is 2. The molecule has 0 fully saturated rings. The van der Waals surface area contributed by atoms with Crippen LogP contribution in [0.25, 0.3) is 0 Å². The maximum absolute atomic E-state index is 12.1. The summed E-state index contributed by atoms with van der Waals surface area (Å²) in [5.74, 6) is -0.0952. The van der Waals surface area contributed by atoms with Crippen molar-refractivity contribution < 1.29 is 9.00 Å². The van der Waals surface area contributed by atoms with Gasteiger partial charge in [-0.25, -0.2) is 0 Å². The lowest BCUT2D eigenvalue weighted by Crippen LogP contribution is -2.28. The molecule has 0 bridgehead atoms. The summed E-state index contributed by atoms with van der Waals surface area (Å²) in [5.41, 5.74) is 2.51. The predicted molar refractivity (Wildman–Crippen MR) is 81.2 cm³/mol. The normalized spacial score (nSPS) is 13.7. The summed E-state index contributed by atoms with van der Waals surface area (Å²) in [4.78, 5) is 12.1. The van der Waals surface area contributed by atoms with Gasteiger partial charge in [0.1, 0.15) is 0 Å². The Kier molecular flexibility index (Phi) is 6.02. The van der Waals surface area contributed by atoms with Gasteiger partial charge >= 0.3 is 0 Å². The molecule has 106 valence electrons. The van der Waals surface area contributed by atoms with Crippen LogP contribution >= 0.6 is 0 Å². The van der Waals surface area contributed by atoms with E-state index in [1.165, 1.54) is 0 Å². The van der Waals surface area contributed by atoms with Crippen molar-refractivity contribution in [3.63, 3.8) is 0 Å². The van der Waals surface area contributed by atoms with Gasteiger partial charge < -0.3 is 10.6 Å². The summed E-state index contributed by atoms with van der Waals surface area (Å²) in [5, 5.41) is 5.98. The van der Waals surface area contributed by atoms with Gasteiger partial charge in [0.05, 0.1) is 5.56 Å². The van der Waals surface area contributed by atoms with Crippen LogP contribution < -0.4 is 10.6 Å². The van der Waals surface area contributed by atoms with Crippen molar-refractivity contribution in [3.05, 3.63) is 29.3 Å². The van der Waals surface area contributed by atoms with E-state index in [2.05, 4.69) is 10.6 Å². The van der Waals surface area contributed by atoms with Gasteiger partial charge in [-0.2, -0.15) is 0 Å². The van der Waals surface area contributed by atoms with E-state index in [9.17, 15) is 9.00 Å². The molecule has 19 heavy (non-hydrogen) atoms. The molecule has 0 aliphatic rings. The van der Waals surface area contributed by atoms with Crippen LogP contribution in [0.3, 0.4) is 0 Å². The number of amides is 1. The zero-order chi connectivity index (χ0) is 14.4. The second-order valence-electron chi connectivity index (χ2n) is 4.65. The number of hydrogen-bond acceptors (Lipinski definition) is 3. The van der Waals surface area contributed by atoms with Crippen molar-refractivity contribution in [2.45, 2.75) is 25.5 Å². The van der Waals surface area contributed by atoms with Crippen LogP contribution in [0.5, 0.6) is 0 Å². The SMILES string of the molecule is CNc1ccc(C)cc1C(=O)NCCC(C)S(C)=O. The molecule has 5 heteroatoms. The van der Waals surface area contributed by atoms with Crippen LogP contribution in [-0.2, 0) is 10.8 Å². The Hall–Kier alpha value is -1.36. The molecule has 4 nitrogen and oxygen atoms in total. The zero-order valence-electron chi connectivity index (χ0n) is 11.9. The van der Waals surface area contributed by atoms with Crippen LogP contribution in [0.1, 0.15) is 29.3 Å². The van der Waals surface area contributed by atoms with Crippen LogP contribution in [0, 0.1) is 6.92 Å². The fourth-order valence-corrected chi connectivity index (χ4v) is 2.16. The fraction of sp³-hybridized carbons (Fsp3) is 0.500. The smallest absolute Gasteiger partial charge is 0.253 e. The first-order valence-corrected chi connectivity index (χ1v) is 7.96. The number of rotatable bonds is 6. The highest BCUT2D eigenvalue weighted by molar-refractivity contribution is 7.84. The third kappa shape index (κ3) is 4.67. The van der Waals surface area contributed by atoms with Crippen molar-refractivity contribution in [1.29, 1.82) is 0 Å². The first kappa shape index (κ1) is 15.7. The maximum atomic E-state index is 12.1. The molecule has 0 aliphatic carbocycles. The first-order chi connectivity index (χ1) is 8.95. The highest BCUT2D eigenvalue weighted by Gasteiger charge is 2.12. The van der Waals surface area contributed by atoms with Crippen molar-refractivity contribution in [3.8, 4) is 0 Å². The van der Waals surface area contributed by atoms with Crippen LogP contribution in [0.2, 0.25) is 0 Å². The van der Waals surface area contributed by atoms with E-state index in [-0.39, 0.29) is 11.2 Å². The van der Waals surface area contributed by atoms with E-state index in [4.69, 9.17) is 0 Å². The predicted octanol–water partition coefficient (Wildman–Crippen LogP) is 1.92. The minimum atomic E-state index is -0.843. The van der Waals surface area contributed by atoms with Gasteiger partial charge in [0.25, 0.3) is 5.91 Å². The van der Waals surface area contributed by atoms with E-state index < -0.39 is 10.8 Å². The molecule has 2 N–H and O–H groups in total. The topological polar surface area (TPSA) is 58.2 Å². The minimum absolute atomic E-state index is 0.0952. The Morgan fingerprint density at radius 2 is 2.11 bits per heavy atom. The third-order valence-corrected chi connectivity index (χ3v) is 4.46. The van der Waals surface area contributed by atoms with Gasteiger partial charge in [0.2, 0.25) is 0 Å². The Labute approximate surface area is 117 Å². The molecular formula is C14H22N2O2S. The molecule has 2 atom stereocenters. The monoisotopic (exact) mass is 282 g/mol. The van der Waals surface area contributed by atoms with Gasteiger partial charge in [-0.05, 0) is 25.5 Å². The van der Waals surface area contributed by atoms with E-state index in [1.54, 1.807) is 13.3 Å². The van der Waals surface area contributed by atoms with E-state index >= 15 is 0 Å². The number of benzene rings is 1. The second kappa shape index (κ2) is 7.28. The maximum Gasteiger partial charge on any atom is 0.253 e. The molecule has 0 spiro atoms. The van der Waals surface area contributed by atoms with Crippen molar-refractivity contribution >= 4 is 22.4 Å². The molecule has 1 aromatic carbocycles. The number of carbonyl (C=O) groups is 1. The average Bonchev–Trinajstić information content (AvgIpc) is 2.38. The molecule has 0 radical (unpaired) electrons. The molecule has 0 heterocycles.